The number of Topliss-reactive ketones (excluding diaryl/α,β-unsaturated/α-hetero) is 2. The molecule has 1 aliphatic rings. The van der Waals surface area contributed by atoms with E-state index in [4.69, 9.17) is 9.15 Å². The molecule has 9 heteroatoms. The minimum Gasteiger partial charge on any atom is -0.466 e. The van der Waals surface area contributed by atoms with Gasteiger partial charge in [0.25, 0.3) is 0 Å². The van der Waals surface area contributed by atoms with Crippen LogP contribution in [0.5, 0.6) is 0 Å². The molecule has 1 fully saturated rings. The van der Waals surface area contributed by atoms with E-state index in [1.165, 1.54) is 36.8 Å². The van der Waals surface area contributed by atoms with Crippen LogP contribution in [-0.4, -0.2) is 51.7 Å². The number of carbonyl (C=O) groups excluding carboxylic acids is 4. The van der Waals surface area contributed by atoms with Crippen LogP contribution in [0.15, 0.2) is 22.8 Å². The number of aromatic nitrogens is 1. The zero-order valence-electron chi connectivity index (χ0n) is 16.6. The van der Waals surface area contributed by atoms with Gasteiger partial charge in [0.05, 0.1) is 12.0 Å². The number of rotatable bonds is 6. The summed E-state index contributed by atoms with van der Waals surface area (Å²) >= 11 is 1.40. The van der Waals surface area contributed by atoms with Crippen LogP contribution in [0.3, 0.4) is 0 Å². The fourth-order valence-corrected chi connectivity index (χ4v) is 5.00. The molecule has 1 amide bonds. The number of aromatic amines is 1. The second-order valence-corrected chi connectivity index (χ2v) is 7.97. The van der Waals surface area contributed by atoms with E-state index in [9.17, 15) is 19.2 Å². The zero-order chi connectivity index (χ0) is 21.3. The van der Waals surface area contributed by atoms with Gasteiger partial charge in [0, 0.05) is 23.9 Å². The first-order valence-electron chi connectivity index (χ1n) is 9.06. The van der Waals surface area contributed by atoms with Gasteiger partial charge < -0.3 is 19.0 Å². The highest BCUT2D eigenvalue weighted by Gasteiger charge is 2.43. The van der Waals surface area contributed by atoms with Gasteiger partial charge in [-0.1, -0.05) is 0 Å². The molecule has 0 saturated carbocycles. The number of nitrogens with zero attached hydrogens (tertiary/aromatic N) is 1. The van der Waals surface area contributed by atoms with E-state index in [1.54, 1.807) is 26.0 Å². The summed E-state index contributed by atoms with van der Waals surface area (Å²) in [7, 11) is 0. The predicted octanol–water partition coefficient (Wildman–Crippen LogP) is 2.82. The molecular formula is C20H22N2O6S. The maximum atomic E-state index is 12.6. The van der Waals surface area contributed by atoms with Gasteiger partial charge in [-0.3, -0.25) is 14.4 Å². The normalized spacial score (nSPS) is 18.7. The minimum absolute atomic E-state index is 0.142. The first-order valence-corrected chi connectivity index (χ1v) is 10.1. The number of esters is 1. The molecule has 0 aromatic carbocycles. The minimum atomic E-state index is -0.806. The SMILES string of the molecule is CC(=O)c1c(C)[nH]c(C(=O)COC(=O)[C@@H]2CS[C@@H](c3ccco3)N2C(C)=O)c1C. The highest BCUT2D eigenvalue weighted by molar-refractivity contribution is 7.99. The third-order valence-corrected chi connectivity index (χ3v) is 6.12. The van der Waals surface area contributed by atoms with E-state index in [0.717, 1.165) is 0 Å². The van der Waals surface area contributed by atoms with E-state index in [1.807, 2.05) is 0 Å². The van der Waals surface area contributed by atoms with Crippen LogP contribution in [0.25, 0.3) is 0 Å². The summed E-state index contributed by atoms with van der Waals surface area (Å²) in [6.07, 6.45) is 1.51. The van der Waals surface area contributed by atoms with Crippen molar-refractivity contribution in [2.45, 2.75) is 39.1 Å². The third kappa shape index (κ3) is 4.00. The Bertz CT molecular complexity index is 962. The molecule has 1 saturated heterocycles. The molecule has 0 spiro atoms. The standard InChI is InChI=1S/C20H22N2O6S/c1-10-17(12(3)23)11(2)21-18(10)15(25)8-28-20(26)14-9-29-19(22(14)13(4)24)16-6-5-7-27-16/h5-7,14,19,21H,8-9H2,1-4H3/t14-,19-/m0/s1. The Morgan fingerprint density at radius 2 is 2.00 bits per heavy atom. The molecule has 1 aliphatic heterocycles. The number of thioether (sulfide) groups is 1. The van der Waals surface area contributed by atoms with Crippen molar-refractivity contribution in [3.63, 3.8) is 0 Å². The molecule has 29 heavy (non-hydrogen) atoms. The largest absolute Gasteiger partial charge is 0.466 e. The molecule has 1 N–H and O–H groups in total. The Kier molecular flexibility index (Phi) is 5.97. The van der Waals surface area contributed by atoms with Gasteiger partial charge in [-0.2, -0.15) is 0 Å². The fraction of sp³-hybridized carbons (Fsp3) is 0.400. The van der Waals surface area contributed by atoms with Crippen molar-refractivity contribution < 1.29 is 28.3 Å². The smallest absolute Gasteiger partial charge is 0.330 e. The lowest BCUT2D eigenvalue weighted by Crippen LogP contribution is -2.43. The summed E-state index contributed by atoms with van der Waals surface area (Å²) in [5.41, 5.74) is 1.85. The third-order valence-electron chi connectivity index (χ3n) is 4.84. The van der Waals surface area contributed by atoms with Gasteiger partial charge in [0.2, 0.25) is 11.7 Å². The lowest BCUT2D eigenvalue weighted by molar-refractivity contribution is -0.152. The highest BCUT2D eigenvalue weighted by Crippen LogP contribution is 2.41. The molecule has 0 aliphatic carbocycles. The number of H-pyrrole nitrogens is 1. The summed E-state index contributed by atoms with van der Waals surface area (Å²) in [5.74, 6) is -0.599. The Labute approximate surface area is 172 Å². The van der Waals surface area contributed by atoms with Crippen LogP contribution < -0.4 is 0 Å². The number of amides is 1. The molecule has 2 aromatic heterocycles. The Balaban J connectivity index is 1.69. The van der Waals surface area contributed by atoms with Gasteiger partial charge in [-0.15, -0.1) is 11.8 Å². The molecule has 0 radical (unpaired) electrons. The van der Waals surface area contributed by atoms with Crippen molar-refractivity contribution in [1.82, 2.24) is 9.88 Å². The molecule has 0 bridgehead atoms. The number of nitrogens with one attached hydrogen (secondary N) is 1. The van der Waals surface area contributed by atoms with Gasteiger partial charge in [-0.05, 0) is 38.5 Å². The molecular weight excluding hydrogens is 396 g/mol. The van der Waals surface area contributed by atoms with Crippen molar-refractivity contribution in [3.8, 4) is 0 Å². The summed E-state index contributed by atoms with van der Waals surface area (Å²) in [6, 6.07) is 2.65. The number of furan rings is 1. The van der Waals surface area contributed by atoms with E-state index in [0.29, 0.717) is 28.3 Å². The average Bonchev–Trinajstić information content (AvgIpc) is 3.37. The molecule has 0 unspecified atom stereocenters. The maximum Gasteiger partial charge on any atom is 0.330 e. The number of hydrogen-bond acceptors (Lipinski definition) is 7. The molecule has 8 nitrogen and oxygen atoms in total. The monoisotopic (exact) mass is 418 g/mol. The van der Waals surface area contributed by atoms with Gasteiger partial charge in [0.15, 0.2) is 12.4 Å². The van der Waals surface area contributed by atoms with Crippen LogP contribution in [-0.2, 0) is 14.3 Å². The summed E-state index contributed by atoms with van der Waals surface area (Å²) < 4.78 is 10.6. The Hall–Kier alpha value is -2.81. The van der Waals surface area contributed by atoms with Crippen molar-refractivity contribution in [1.29, 1.82) is 0 Å². The highest BCUT2D eigenvalue weighted by atomic mass is 32.2. The molecule has 154 valence electrons. The Morgan fingerprint density at radius 1 is 1.28 bits per heavy atom. The summed E-state index contributed by atoms with van der Waals surface area (Å²) in [4.78, 5) is 53.3. The first-order chi connectivity index (χ1) is 13.7. The predicted molar refractivity (Wildman–Crippen MR) is 106 cm³/mol. The second-order valence-electron chi connectivity index (χ2n) is 6.86. The fourth-order valence-electron chi connectivity index (χ4n) is 3.59. The second kappa shape index (κ2) is 8.28. The van der Waals surface area contributed by atoms with Gasteiger partial charge in [0.1, 0.15) is 17.2 Å². The molecule has 2 atom stereocenters. The lowest BCUT2D eigenvalue weighted by Gasteiger charge is -2.25. The maximum absolute atomic E-state index is 12.6. The van der Waals surface area contributed by atoms with E-state index in [2.05, 4.69) is 4.98 Å². The quantitative estimate of drug-likeness (QED) is 0.567. The van der Waals surface area contributed by atoms with Crippen LogP contribution in [0.2, 0.25) is 0 Å². The number of hydrogen-bond donors (Lipinski definition) is 1. The first kappa shape index (κ1) is 20.9. The van der Waals surface area contributed by atoms with Gasteiger partial charge in [-0.25, -0.2) is 4.79 Å². The number of carbonyl (C=O) groups is 4. The summed E-state index contributed by atoms with van der Waals surface area (Å²) in [5, 5.41) is -0.415. The van der Waals surface area contributed by atoms with Crippen molar-refractivity contribution in [3.05, 3.63) is 46.7 Å². The van der Waals surface area contributed by atoms with Crippen molar-refractivity contribution >= 4 is 35.2 Å². The van der Waals surface area contributed by atoms with Crippen molar-refractivity contribution in [2.24, 2.45) is 0 Å². The average molecular weight is 418 g/mol. The van der Waals surface area contributed by atoms with E-state index >= 15 is 0 Å². The topological polar surface area (TPSA) is 110 Å². The number of aryl methyl sites for hydroxylation is 1. The van der Waals surface area contributed by atoms with Crippen LogP contribution >= 0.6 is 11.8 Å². The summed E-state index contributed by atoms with van der Waals surface area (Å²) in [6.45, 7) is 5.72. The Morgan fingerprint density at radius 3 is 2.55 bits per heavy atom. The van der Waals surface area contributed by atoms with E-state index < -0.39 is 29.8 Å². The van der Waals surface area contributed by atoms with Crippen LogP contribution in [0, 0.1) is 13.8 Å². The number of ether oxygens (including phenoxy) is 1. The van der Waals surface area contributed by atoms with E-state index in [-0.39, 0.29) is 17.4 Å². The van der Waals surface area contributed by atoms with Crippen LogP contribution in [0.1, 0.15) is 57.1 Å². The molecule has 2 aromatic rings. The van der Waals surface area contributed by atoms with Crippen LogP contribution in [0.4, 0.5) is 0 Å². The van der Waals surface area contributed by atoms with Gasteiger partial charge >= 0.3 is 5.97 Å². The molecule has 3 rings (SSSR count). The zero-order valence-corrected chi connectivity index (χ0v) is 17.4. The van der Waals surface area contributed by atoms with Crippen molar-refractivity contribution in [2.75, 3.05) is 12.4 Å². The number of ketones is 2. The molecule has 3 heterocycles. The lowest BCUT2D eigenvalue weighted by atomic mass is 10.1.